The van der Waals surface area contributed by atoms with Crippen LogP contribution in [0.5, 0.6) is 5.75 Å². The number of nitrogen functional groups attached to an aromatic ring is 1. The number of fused-ring (bicyclic) bond motifs is 1. The zero-order valence-corrected chi connectivity index (χ0v) is 9.04. The minimum atomic E-state index is 0.233. The van der Waals surface area contributed by atoms with Gasteiger partial charge in [0.1, 0.15) is 11.6 Å². The van der Waals surface area contributed by atoms with Gasteiger partial charge in [0.15, 0.2) is 0 Å². The van der Waals surface area contributed by atoms with Gasteiger partial charge >= 0.3 is 0 Å². The number of pyridine rings is 1. The highest BCUT2D eigenvalue weighted by Crippen LogP contribution is 2.23. The molecule has 0 atom stereocenters. The zero-order chi connectivity index (χ0) is 11.8. The van der Waals surface area contributed by atoms with Crippen LogP contribution in [0, 0.1) is 0 Å². The van der Waals surface area contributed by atoms with Gasteiger partial charge in [-0.05, 0) is 18.2 Å². The van der Waals surface area contributed by atoms with E-state index in [0.717, 1.165) is 16.9 Å². The molecule has 2 heterocycles. The Hall–Kier alpha value is -2.49. The van der Waals surface area contributed by atoms with Crippen LogP contribution < -0.4 is 5.73 Å². The van der Waals surface area contributed by atoms with Crippen molar-refractivity contribution in [2.45, 2.75) is 0 Å². The first-order valence-electron chi connectivity index (χ1n) is 5.26. The van der Waals surface area contributed by atoms with Crippen LogP contribution in [0.3, 0.4) is 0 Å². The Labute approximate surface area is 98.0 Å². The van der Waals surface area contributed by atoms with E-state index in [1.165, 1.54) is 0 Å². The van der Waals surface area contributed by atoms with Gasteiger partial charge in [0.05, 0.1) is 11.7 Å². The van der Waals surface area contributed by atoms with Gasteiger partial charge in [-0.1, -0.05) is 12.1 Å². The molecule has 0 aliphatic carbocycles. The molecule has 4 heteroatoms. The maximum Gasteiger partial charge on any atom is 0.144 e. The molecule has 0 saturated carbocycles. The van der Waals surface area contributed by atoms with Gasteiger partial charge in [-0.3, -0.25) is 4.40 Å². The van der Waals surface area contributed by atoms with Crippen LogP contribution in [-0.2, 0) is 0 Å². The van der Waals surface area contributed by atoms with Crippen molar-refractivity contribution in [3.05, 3.63) is 48.8 Å². The lowest BCUT2D eigenvalue weighted by Crippen LogP contribution is -1.90. The summed E-state index contributed by atoms with van der Waals surface area (Å²) in [5.74, 6) is 1.05. The minimum Gasteiger partial charge on any atom is -0.508 e. The molecule has 4 nitrogen and oxygen atoms in total. The van der Waals surface area contributed by atoms with E-state index in [0.29, 0.717) is 5.69 Å². The summed E-state index contributed by atoms with van der Waals surface area (Å²) in [6, 6.07) is 10.9. The van der Waals surface area contributed by atoms with Gasteiger partial charge in [0.2, 0.25) is 0 Å². The number of benzene rings is 1. The van der Waals surface area contributed by atoms with Crippen molar-refractivity contribution in [1.82, 2.24) is 9.38 Å². The number of hydrogen-bond acceptors (Lipinski definition) is 3. The molecule has 17 heavy (non-hydrogen) atoms. The molecule has 0 amide bonds. The molecule has 2 aromatic heterocycles. The summed E-state index contributed by atoms with van der Waals surface area (Å²) in [5.41, 5.74) is 8.27. The Morgan fingerprint density at radius 3 is 2.88 bits per heavy atom. The second-order valence-electron chi connectivity index (χ2n) is 3.89. The fourth-order valence-corrected chi connectivity index (χ4v) is 1.88. The highest BCUT2D eigenvalue weighted by Gasteiger charge is 2.06. The molecule has 0 fully saturated rings. The lowest BCUT2D eigenvalue weighted by Gasteiger charge is -2.02. The smallest absolute Gasteiger partial charge is 0.144 e. The molecule has 0 aliphatic rings. The third-order valence-electron chi connectivity index (χ3n) is 2.66. The van der Waals surface area contributed by atoms with E-state index in [2.05, 4.69) is 4.98 Å². The molecule has 0 unspecified atom stereocenters. The summed E-state index contributed by atoms with van der Waals surface area (Å²) in [6.07, 6.45) is 3.51. The van der Waals surface area contributed by atoms with Crippen molar-refractivity contribution in [2.24, 2.45) is 0 Å². The molecule has 84 valence electrons. The predicted molar refractivity (Wildman–Crippen MR) is 66.7 cm³/mol. The van der Waals surface area contributed by atoms with Crippen LogP contribution in [-0.4, -0.2) is 14.5 Å². The molecule has 0 bridgehead atoms. The summed E-state index contributed by atoms with van der Waals surface area (Å²) < 4.78 is 1.91. The first kappa shape index (κ1) is 9.72. The number of nitrogens with two attached hydrogens (primary N) is 1. The van der Waals surface area contributed by atoms with Crippen LogP contribution in [0.15, 0.2) is 48.8 Å². The number of nitrogens with zero attached hydrogens (tertiary/aromatic N) is 2. The maximum absolute atomic E-state index is 9.39. The molecular formula is C13H11N3O. The normalized spacial score (nSPS) is 10.8. The quantitative estimate of drug-likeness (QED) is 0.624. The minimum absolute atomic E-state index is 0.233. The highest BCUT2D eigenvalue weighted by atomic mass is 16.3. The Kier molecular flexibility index (Phi) is 2.01. The van der Waals surface area contributed by atoms with Crippen LogP contribution in [0.2, 0.25) is 0 Å². The number of anilines is 1. The topological polar surface area (TPSA) is 63.5 Å². The van der Waals surface area contributed by atoms with Crippen molar-refractivity contribution >= 4 is 11.2 Å². The molecule has 3 rings (SSSR count). The van der Waals surface area contributed by atoms with Gasteiger partial charge in [0.25, 0.3) is 0 Å². The molecule has 0 spiro atoms. The first-order valence-corrected chi connectivity index (χ1v) is 5.26. The average Bonchev–Trinajstić information content (AvgIpc) is 2.71. The predicted octanol–water partition coefficient (Wildman–Crippen LogP) is 2.29. The van der Waals surface area contributed by atoms with Crippen LogP contribution >= 0.6 is 0 Å². The third-order valence-corrected chi connectivity index (χ3v) is 2.66. The number of rotatable bonds is 1. The van der Waals surface area contributed by atoms with E-state index >= 15 is 0 Å². The summed E-state index contributed by atoms with van der Waals surface area (Å²) in [4.78, 5) is 4.34. The average molecular weight is 225 g/mol. The monoisotopic (exact) mass is 225 g/mol. The second kappa shape index (κ2) is 3.52. The lowest BCUT2D eigenvalue weighted by atomic mass is 10.2. The molecule has 1 aromatic carbocycles. The number of aromatic hydroxyl groups is 1. The number of imidazole rings is 1. The number of aromatic nitrogens is 2. The number of hydrogen-bond donors (Lipinski definition) is 2. The first-order chi connectivity index (χ1) is 8.24. The van der Waals surface area contributed by atoms with Crippen molar-refractivity contribution in [1.29, 1.82) is 0 Å². The molecule has 0 aliphatic heterocycles. The second-order valence-corrected chi connectivity index (χ2v) is 3.89. The van der Waals surface area contributed by atoms with Crippen LogP contribution in [0.25, 0.3) is 16.9 Å². The Bertz CT molecular complexity index is 688. The Morgan fingerprint density at radius 1 is 1.18 bits per heavy atom. The van der Waals surface area contributed by atoms with Crippen molar-refractivity contribution in [2.75, 3.05) is 5.73 Å². The molecule has 3 N–H and O–H groups in total. The lowest BCUT2D eigenvalue weighted by molar-refractivity contribution is 0.475. The van der Waals surface area contributed by atoms with E-state index in [-0.39, 0.29) is 5.75 Å². The molecule has 0 saturated heterocycles. The standard InChI is InChI=1S/C13H11N3O/c14-10-3-1-2-9(6-10)13-15-8-11-7-12(17)4-5-16(11)13/h1-8,17H,14H2. The molecule has 3 aromatic rings. The molecule has 0 radical (unpaired) electrons. The molecular weight excluding hydrogens is 214 g/mol. The van der Waals surface area contributed by atoms with Crippen LogP contribution in [0.1, 0.15) is 0 Å². The van der Waals surface area contributed by atoms with E-state index in [1.807, 2.05) is 28.7 Å². The summed E-state index contributed by atoms with van der Waals surface area (Å²) in [7, 11) is 0. The van der Waals surface area contributed by atoms with Crippen molar-refractivity contribution in [3.8, 4) is 17.1 Å². The SMILES string of the molecule is Nc1cccc(-c2ncc3cc(O)ccn23)c1. The third kappa shape index (κ3) is 1.59. The summed E-state index contributed by atoms with van der Waals surface area (Å²) in [5, 5.41) is 9.39. The maximum atomic E-state index is 9.39. The van der Waals surface area contributed by atoms with Gasteiger partial charge in [-0.25, -0.2) is 4.98 Å². The van der Waals surface area contributed by atoms with E-state index < -0.39 is 0 Å². The van der Waals surface area contributed by atoms with Gasteiger partial charge in [-0.15, -0.1) is 0 Å². The van der Waals surface area contributed by atoms with Gasteiger partial charge < -0.3 is 10.8 Å². The fourth-order valence-electron chi connectivity index (χ4n) is 1.88. The van der Waals surface area contributed by atoms with E-state index in [1.54, 1.807) is 24.5 Å². The van der Waals surface area contributed by atoms with Crippen molar-refractivity contribution < 1.29 is 5.11 Å². The largest absolute Gasteiger partial charge is 0.508 e. The van der Waals surface area contributed by atoms with E-state index in [4.69, 9.17) is 5.73 Å². The van der Waals surface area contributed by atoms with Gasteiger partial charge in [-0.2, -0.15) is 0 Å². The van der Waals surface area contributed by atoms with E-state index in [9.17, 15) is 5.11 Å². The zero-order valence-electron chi connectivity index (χ0n) is 9.04. The summed E-state index contributed by atoms with van der Waals surface area (Å²) >= 11 is 0. The Morgan fingerprint density at radius 2 is 2.06 bits per heavy atom. The van der Waals surface area contributed by atoms with Crippen molar-refractivity contribution in [3.63, 3.8) is 0 Å². The van der Waals surface area contributed by atoms with Crippen LogP contribution in [0.4, 0.5) is 5.69 Å². The summed E-state index contributed by atoms with van der Waals surface area (Å²) in [6.45, 7) is 0. The van der Waals surface area contributed by atoms with Gasteiger partial charge in [0, 0.05) is 23.5 Å². The Balaban J connectivity index is 2.24. The highest BCUT2D eigenvalue weighted by molar-refractivity contribution is 5.66. The fraction of sp³-hybridized carbons (Fsp3) is 0.